The van der Waals surface area contributed by atoms with Crippen molar-refractivity contribution in [3.63, 3.8) is 0 Å². The molecule has 0 aromatic heterocycles. The van der Waals surface area contributed by atoms with Crippen molar-refractivity contribution in [1.29, 1.82) is 0 Å². The van der Waals surface area contributed by atoms with Gasteiger partial charge < -0.3 is 9.31 Å². The lowest BCUT2D eigenvalue weighted by Crippen LogP contribution is -2.76. The third-order valence-electron chi connectivity index (χ3n) is 2.37. The highest BCUT2D eigenvalue weighted by Gasteiger charge is 2.82. The van der Waals surface area contributed by atoms with Gasteiger partial charge in [0.1, 0.15) is 0 Å². The quantitative estimate of drug-likeness (QED) is 0.586. The average molecular weight is 311 g/mol. The summed E-state index contributed by atoms with van der Waals surface area (Å²) in [4.78, 5) is 0. The summed E-state index contributed by atoms with van der Waals surface area (Å²) in [6.45, 7) is -6.39. The second kappa shape index (κ2) is 4.68. The molecule has 19 heavy (non-hydrogen) atoms. The van der Waals surface area contributed by atoms with Crippen molar-refractivity contribution in [3.8, 4) is 0 Å². The molecule has 0 unspecified atom stereocenters. The SMILES string of the molecule is CO[B-](OC)(C(F)(F)C(F)(F)F)C(F)(F)C(F)(F)F. The Morgan fingerprint density at radius 1 is 0.579 bits per heavy atom. The Bertz CT molecular complexity index is 289. The monoisotopic (exact) mass is 311 g/mol. The molecule has 0 saturated heterocycles. The molecule has 0 aromatic carbocycles. The molecule has 0 aliphatic carbocycles. The summed E-state index contributed by atoms with van der Waals surface area (Å²) in [6, 6.07) is 0. The molecule has 13 heteroatoms. The molecule has 116 valence electrons. The summed E-state index contributed by atoms with van der Waals surface area (Å²) in [5.41, 5.74) is 0. The molecule has 0 amide bonds. The van der Waals surface area contributed by atoms with Gasteiger partial charge in [-0.2, -0.15) is 26.3 Å². The Hall–Kier alpha value is -0.715. The molecule has 0 aliphatic heterocycles. The van der Waals surface area contributed by atoms with E-state index in [1.54, 1.807) is 0 Å². The predicted octanol–water partition coefficient (Wildman–Crippen LogP) is 3.20. The summed E-state index contributed by atoms with van der Waals surface area (Å²) in [5, 5.41) is 0. The van der Waals surface area contributed by atoms with Crippen LogP contribution in [0.2, 0.25) is 0 Å². The van der Waals surface area contributed by atoms with Gasteiger partial charge in [0.25, 0.3) is 11.6 Å². The van der Waals surface area contributed by atoms with Crippen LogP contribution in [0.5, 0.6) is 0 Å². The molecule has 0 atom stereocenters. The van der Waals surface area contributed by atoms with Crippen LogP contribution in [-0.2, 0) is 9.31 Å². The van der Waals surface area contributed by atoms with Crippen LogP contribution in [0.15, 0.2) is 0 Å². The van der Waals surface area contributed by atoms with Crippen LogP contribution < -0.4 is 0 Å². The van der Waals surface area contributed by atoms with Crippen LogP contribution in [0.4, 0.5) is 43.9 Å². The molecule has 0 aromatic rings. The van der Waals surface area contributed by atoms with E-state index in [-0.39, 0.29) is 14.2 Å². The smallest absolute Gasteiger partial charge is 0.422 e. The minimum absolute atomic E-state index is 0.164. The minimum Gasteiger partial charge on any atom is -0.563 e. The van der Waals surface area contributed by atoms with E-state index in [9.17, 15) is 43.9 Å². The predicted molar refractivity (Wildman–Crippen MR) is 41.8 cm³/mol. The molecular weight excluding hydrogens is 305 g/mol. The van der Waals surface area contributed by atoms with E-state index in [1.165, 1.54) is 0 Å². The highest BCUT2D eigenvalue weighted by molar-refractivity contribution is 6.73. The van der Waals surface area contributed by atoms with Crippen LogP contribution in [-0.4, -0.2) is 44.8 Å². The summed E-state index contributed by atoms with van der Waals surface area (Å²) >= 11 is 0. The van der Waals surface area contributed by atoms with Crippen molar-refractivity contribution in [1.82, 2.24) is 0 Å². The second-order valence-electron chi connectivity index (χ2n) is 3.42. The third kappa shape index (κ3) is 2.37. The number of hydrogen-bond donors (Lipinski definition) is 0. The molecular formula is C6H6BF10O2-. The molecule has 0 aliphatic rings. The van der Waals surface area contributed by atoms with Gasteiger partial charge in [-0.15, -0.1) is 0 Å². The van der Waals surface area contributed by atoms with Gasteiger partial charge in [-0.05, 0) is 14.2 Å². The summed E-state index contributed by atoms with van der Waals surface area (Å²) in [5.74, 6) is -13.1. The van der Waals surface area contributed by atoms with E-state index in [0.717, 1.165) is 0 Å². The first-order valence-electron chi connectivity index (χ1n) is 4.26. The number of hydrogen-bond acceptors (Lipinski definition) is 2. The summed E-state index contributed by atoms with van der Waals surface area (Å²) in [6.07, 6.45) is -13.5. The Morgan fingerprint density at radius 2 is 0.789 bits per heavy atom. The van der Waals surface area contributed by atoms with Gasteiger partial charge in [-0.1, -0.05) is 0 Å². The molecule has 0 bridgehead atoms. The van der Waals surface area contributed by atoms with E-state index in [4.69, 9.17) is 0 Å². The average Bonchev–Trinajstić information content (AvgIpc) is 2.15. The van der Waals surface area contributed by atoms with Crippen LogP contribution in [0.1, 0.15) is 0 Å². The van der Waals surface area contributed by atoms with Crippen molar-refractivity contribution in [2.45, 2.75) is 24.0 Å². The first kappa shape index (κ1) is 18.3. The van der Waals surface area contributed by atoms with E-state index in [1.807, 2.05) is 0 Å². The first-order chi connectivity index (χ1) is 8.12. The van der Waals surface area contributed by atoms with Gasteiger partial charge >= 0.3 is 18.9 Å². The maximum atomic E-state index is 12.9. The zero-order valence-corrected chi connectivity index (χ0v) is 9.17. The van der Waals surface area contributed by atoms with E-state index in [0.29, 0.717) is 0 Å². The highest BCUT2D eigenvalue weighted by Crippen LogP contribution is 2.53. The lowest BCUT2D eigenvalue weighted by atomic mass is 9.44. The molecule has 0 radical (unpaired) electrons. The minimum atomic E-state index is -6.73. The number of halogens is 10. The van der Waals surface area contributed by atoms with Crippen LogP contribution in [0.25, 0.3) is 0 Å². The van der Waals surface area contributed by atoms with E-state index >= 15 is 0 Å². The first-order valence-corrected chi connectivity index (χ1v) is 4.26. The fourth-order valence-corrected chi connectivity index (χ4v) is 1.35. The van der Waals surface area contributed by atoms with Crippen molar-refractivity contribution in [2.24, 2.45) is 0 Å². The molecule has 0 rings (SSSR count). The highest BCUT2D eigenvalue weighted by atomic mass is 19.4. The van der Waals surface area contributed by atoms with Gasteiger partial charge in [-0.25, -0.2) is 17.6 Å². The second-order valence-corrected chi connectivity index (χ2v) is 3.42. The zero-order valence-electron chi connectivity index (χ0n) is 9.17. The third-order valence-corrected chi connectivity index (χ3v) is 2.37. The Morgan fingerprint density at radius 3 is 0.895 bits per heavy atom. The molecule has 0 heterocycles. The normalized spacial score (nSPS) is 15.8. The largest absolute Gasteiger partial charge is 0.563 e. The molecule has 0 fully saturated rings. The van der Waals surface area contributed by atoms with Crippen LogP contribution in [0, 0.1) is 0 Å². The summed E-state index contributed by atoms with van der Waals surface area (Å²) < 4.78 is 130. The fourth-order valence-electron chi connectivity index (χ4n) is 1.35. The van der Waals surface area contributed by atoms with Gasteiger partial charge in [0.2, 0.25) is 0 Å². The molecule has 0 saturated carbocycles. The number of rotatable bonds is 4. The number of alkyl halides is 10. The fraction of sp³-hybridized carbons (Fsp3) is 1.00. The lowest BCUT2D eigenvalue weighted by Gasteiger charge is -2.49. The van der Waals surface area contributed by atoms with Crippen LogP contribution in [0.3, 0.4) is 0 Å². The topological polar surface area (TPSA) is 18.5 Å². The van der Waals surface area contributed by atoms with Crippen molar-refractivity contribution < 1.29 is 53.2 Å². The Balaban J connectivity index is 6.19. The van der Waals surface area contributed by atoms with Gasteiger partial charge in [0.05, 0.1) is 0 Å². The standard InChI is InChI=1S/C6H6BF10O2/c1-18-7(19-2,3(8,9)5(12,13)14)4(10,11)6(15,16)17/h1-2H3/q-1. The Kier molecular flexibility index (Phi) is 4.51. The summed E-state index contributed by atoms with van der Waals surface area (Å²) in [7, 11) is -0.328. The van der Waals surface area contributed by atoms with E-state index in [2.05, 4.69) is 9.31 Å². The maximum Gasteiger partial charge on any atom is 0.422 e. The van der Waals surface area contributed by atoms with Crippen molar-refractivity contribution >= 4 is 6.55 Å². The Labute approximate surface area is 99.2 Å². The van der Waals surface area contributed by atoms with Gasteiger partial charge in [-0.3, -0.25) is 0 Å². The zero-order chi connectivity index (χ0) is 15.9. The molecule has 0 N–H and O–H groups in total. The molecule has 0 spiro atoms. The maximum absolute atomic E-state index is 12.9. The van der Waals surface area contributed by atoms with Gasteiger partial charge in [0, 0.05) is 0 Å². The lowest BCUT2D eigenvalue weighted by molar-refractivity contribution is -0.295. The van der Waals surface area contributed by atoms with Crippen molar-refractivity contribution in [3.05, 3.63) is 0 Å². The van der Waals surface area contributed by atoms with Crippen LogP contribution >= 0.6 is 0 Å². The van der Waals surface area contributed by atoms with Crippen molar-refractivity contribution in [2.75, 3.05) is 14.2 Å². The van der Waals surface area contributed by atoms with E-state index < -0.39 is 30.5 Å². The van der Waals surface area contributed by atoms with Gasteiger partial charge in [0.15, 0.2) is 0 Å². The molecule has 2 nitrogen and oxygen atoms in total.